The Morgan fingerprint density at radius 2 is 1.90 bits per heavy atom. The van der Waals surface area contributed by atoms with E-state index >= 15 is 0 Å². The summed E-state index contributed by atoms with van der Waals surface area (Å²) in [5.41, 5.74) is -2.15. The summed E-state index contributed by atoms with van der Waals surface area (Å²) in [6, 6.07) is 0.620. The molecule has 1 aromatic carbocycles. The molecule has 10 heteroatoms. The molecule has 0 aliphatic rings. The Kier molecular flexibility index (Phi) is 4.82. The van der Waals surface area contributed by atoms with E-state index in [0.717, 1.165) is 0 Å². The number of aliphatic hydroxyl groups excluding tert-OH is 1. The topological polar surface area (TPSA) is 66.6 Å². The monoisotopic (exact) mass is 300 g/mol. The number of aliphatic hydroxyl groups is 1. The normalized spacial score (nSPS) is 11.5. The van der Waals surface area contributed by atoms with E-state index in [1.54, 1.807) is 0 Å². The van der Waals surface area contributed by atoms with Gasteiger partial charge in [0.25, 0.3) is 0 Å². The molecular weight excluding hydrogens is 291 g/mol. The zero-order chi connectivity index (χ0) is 15.5. The van der Waals surface area contributed by atoms with E-state index in [1.807, 2.05) is 0 Å². The number of anilines is 1. The molecule has 112 valence electrons. The second-order valence-electron chi connectivity index (χ2n) is 3.77. The van der Waals surface area contributed by atoms with Gasteiger partial charge in [-0.25, -0.2) is 4.39 Å². The molecule has 0 saturated heterocycles. The Balaban J connectivity index is 3.34. The highest BCUT2D eigenvalue weighted by Gasteiger charge is 2.34. The molecule has 1 rings (SSSR count). The highest BCUT2D eigenvalue weighted by atomic mass is 19.4. The molecule has 0 radical (unpaired) electrons. The first-order chi connectivity index (χ1) is 9.15. The fraction of sp³-hybridized carbons (Fsp3) is 0.400. The largest absolute Gasteiger partial charge is 0.405 e. The van der Waals surface area contributed by atoms with Gasteiger partial charge in [0.15, 0.2) is 0 Å². The van der Waals surface area contributed by atoms with Crippen LogP contribution in [0.4, 0.5) is 33.3 Å². The average molecular weight is 300 g/mol. The first-order valence-corrected chi connectivity index (χ1v) is 5.21. The van der Waals surface area contributed by atoms with Crippen LogP contribution in [0, 0.1) is 21.7 Å². The molecule has 0 heterocycles. The average Bonchev–Trinajstić information content (AvgIpc) is 2.24. The van der Waals surface area contributed by atoms with Crippen molar-refractivity contribution in [3.63, 3.8) is 0 Å². The summed E-state index contributed by atoms with van der Waals surface area (Å²) in [4.78, 5) is 9.75. The van der Waals surface area contributed by atoms with Crippen molar-refractivity contribution in [2.24, 2.45) is 0 Å². The Labute approximate surface area is 109 Å². The molecule has 1 N–H and O–H groups in total. The van der Waals surface area contributed by atoms with Gasteiger partial charge in [-0.15, -0.1) is 0 Å². The molecule has 0 aromatic heterocycles. The molecule has 0 spiro atoms. The number of halogens is 5. The van der Waals surface area contributed by atoms with Crippen LogP contribution >= 0.6 is 0 Å². The van der Waals surface area contributed by atoms with Crippen molar-refractivity contribution in [3.8, 4) is 0 Å². The lowest BCUT2D eigenvalue weighted by atomic mass is 10.2. The molecule has 0 bridgehead atoms. The lowest BCUT2D eigenvalue weighted by Crippen LogP contribution is -2.36. The summed E-state index contributed by atoms with van der Waals surface area (Å²) in [6.45, 7) is -3.12. The SMILES string of the molecule is O=[N+]([O-])c1c(F)cc(F)cc1N(CCO)CC(F)(F)F. The summed E-state index contributed by atoms with van der Waals surface area (Å²) in [5, 5.41) is 19.4. The van der Waals surface area contributed by atoms with Crippen molar-refractivity contribution < 1.29 is 32.0 Å². The van der Waals surface area contributed by atoms with E-state index in [-0.39, 0.29) is 6.07 Å². The van der Waals surface area contributed by atoms with E-state index in [4.69, 9.17) is 5.11 Å². The molecule has 0 fully saturated rings. The number of nitro groups is 1. The second-order valence-corrected chi connectivity index (χ2v) is 3.77. The highest BCUT2D eigenvalue weighted by molar-refractivity contribution is 5.64. The van der Waals surface area contributed by atoms with Crippen molar-refractivity contribution in [2.75, 3.05) is 24.6 Å². The van der Waals surface area contributed by atoms with Crippen LogP contribution in [0.25, 0.3) is 0 Å². The molecule has 0 aliphatic carbocycles. The number of nitro benzene ring substituents is 1. The number of rotatable bonds is 5. The number of benzene rings is 1. The van der Waals surface area contributed by atoms with Crippen LogP contribution in [0.15, 0.2) is 12.1 Å². The maximum absolute atomic E-state index is 13.3. The van der Waals surface area contributed by atoms with Gasteiger partial charge in [-0.3, -0.25) is 10.1 Å². The van der Waals surface area contributed by atoms with Crippen LogP contribution in [0.2, 0.25) is 0 Å². The quantitative estimate of drug-likeness (QED) is 0.514. The van der Waals surface area contributed by atoms with Crippen LogP contribution in [0.1, 0.15) is 0 Å². The van der Waals surface area contributed by atoms with E-state index in [9.17, 15) is 32.1 Å². The fourth-order valence-corrected chi connectivity index (χ4v) is 1.60. The standard InChI is InChI=1S/C10H9F5N2O3/c11-6-3-7(12)9(17(19)20)8(4-6)16(1-2-18)5-10(13,14)15/h3-4,18H,1-2,5H2. The van der Waals surface area contributed by atoms with E-state index in [1.165, 1.54) is 0 Å². The Hall–Kier alpha value is -1.97. The number of hydrogen-bond acceptors (Lipinski definition) is 4. The van der Waals surface area contributed by atoms with Crippen molar-refractivity contribution in [3.05, 3.63) is 33.9 Å². The van der Waals surface area contributed by atoms with E-state index < -0.39 is 53.8 Å². The number of nitrogens with zero attached hydrogens (tertiary/aromatic N) is 2. The van der Waals surface area contributed by atoms with Gasteiger partial charge in [0.2, 0.25) is 5.82 Å². The molecule has 5 nitrogen and oxygen atoms in total. The minimum Gasteiger partial charge on any atom is -0.395 e. The van der Waals surface area contributed by atoms with Gasteiger partial charge in [-0.1, -0.05) is 0 Å². The van der Waals surface area contributed by atoms with Crippen LogP contribution in [-0.4, -0.2) is 35.9 Å². The third-order valence-corrected chi connectivity index (χ3v) is 2.27. The third kappa shape index (κ3) is 4.02. The minimum atomic E-state index is -4.76. The zero-order valence-corrected chi connectivity index (χ0v) is 9.82. The molecule has 0 unspecified atom stereocenters. The van der Waals surface area contributed by atoms with Crippen molar-refractivity contribution in [1.29, 1.82) is 0 Å². The van der Waals surface area contributed by atoms with Gasteiger partial charge in [0, 0.05) is 18.7 Å². The van der Waals surface area contributed by atoms with Crippen LogP contribution in [0.5, 0.6) is 0 Å². The maximum atomic E-state index is 13.3. The summed E-state index contributed by atoms with van der Waals surface area (Å²) in [7, 11) is 0. The van der Waals surface area contributed by atoms with E-state index in [0.29, 0.717) is 11.0 Å². The number of hydrogen-bond donors (Lipinski definition) is 1. The smallest absolute Gasteiger partial charge is 0.395 e. The number of alkyl halides is 3. The van der Waals surface area contributed by atoms with E-state index in [2.05, 4.69) is 0 Å². The van der Waals surface area contributed by atoms with Crippen LogP contribution in [0.3, 0.4) is 0 Å². The van der Waals surface area contributed by atoms with Crippen LogP contribution < -0.4 is 4.90 Å². The minimum absolute atomic E-state index is 0.201. The zero-order valence-electron chi connectivity index (χ0n) is 9.82. The predicted octanol–water partition coefficient (Wildman–Crippen LogP) is 2.23. The summed E-state index contributed by atoms with van der Waals surface area (Å²) in [5.74, 6) is -2.84. The van der Waals surface area contributed by atoms with Crippen molar-refractivity contribution in [2.45, 2.75) is 6.18 Å². The first kappa shape index (κ1) is 16.1. The van der Waals surface area contributed by atoms with Gasteiger partial charge in [-0.05, 0) is 0 Å². The molecule has 0 aliphatic heterocycles. The predicted molar refractivity (Wildman–Crippen MR) is 58.4 cm³/mol. The van der Waals surface area contributed by atoms with Gasteiger partial charge in [-0.2, -0.15) is 17.6 Å². The van der Waals surface area contributed by atoms with Crippen LogP contribution in [-0.2, 0) is 0 Å². The first-order valence-electron chi connectivity index (χ1n) is 5.21. The molecule has 0 saturated carbocycles. The third-order valence-electron chi connectivity index (χ3n) is 2.27. The second kappa shape index (κ2) is 5.99. The lowest BCUT2D eigenvalue weighted by Gasteiger charge is -2.24. The Morgan fingerprint density at radius 1 is 1.30 bits per heavy atom. The summed E-state index contributed by atoms with van der Waals surface area (Å²) < 4.78 is 63.5. The lowest BCUT2D eigenvalue weighted by molar-refractivity contribution is -0.386. The van der Waals surface area contributed by atoms with Gasteiger partial charge in [0.1, 0.15) is 18.0 Å². The molecular formula is C10H9F5N2O3. The Morgan fingerprint density at radius 3 is 2.35 bits per heavy atom. The molecule has 1 aromatic rings. The van der Waals surface area contributed by atoms with Crippen molar-refractivity contribution in [1.82, 2.24) is 0 Å². The molecule has 20 heavy (non-hydrogen) atoms. The van der Waals surface area contributed by atoms with Crippen molar-refractivity contribution >= 4 is 11.4 Å². The van der Waals surface area contributed by atoms with Gasteiger partial charge >= 0.3 is 11.9 Å². The molecule has 0 atom stereocenters. The maximum Gasteiger partial charge on any atom is 0.405 e. The van der Waals surface area contributed by atoms with Gasteiger partial charge in [0.05, 0.1) is 11.5 Å². The highest BCUT2D eigenvalue weighted by Crippen LogP contribution is 2.33. The summed E-state index contributed by atoms with van der Waals surface area (Å²) in [6.07, 6.45) is -4.76. The molecule has 0 amide bonds. The van der Waals surface area contributed by atoms with Gasteiger partial charge < -0.3 is 10.0 Å². The fourth-order valence-electron chi connectivity index (χ4n) is 1.60. The Bertz CT molecular complexity index is 506. The summed E-state index contributed by atoms with van der Waals surface area (Å²) >= 11 is 0.